The van der Waals surface area contributed by atoms with E-state index in [2.05, 4.69) is 31.2 Å². The number of carbonyl (C=O) groups excluding carboxylic acids is 1. The first-order valence-corrected chi connectivity index (χ1v) is 8.02. The van der Waals surface area contributed by atoms with Crippen molar-refractivity contribution in [2.24, 2.45) is 0 Å². The zero-order chi connectivity index (χ0) is 16.1. The summed E-state index contributed by atoms with van der Waals surface area (Å²) in [5.41, 5.74) is 2.40. The van der Waals surface area contributed by atoms with Gasteiger partial charge in [-0.05, 0) is 58.3 Å². The average Bonchev–Trinajstić information content (AvgIpc) is 2.86. The van der Waals surface area contributed by atoms with E-state index in [1.165, 1.54) is 0 Å². The Hall–Kier alpha value is -1.66. The minimum Gasteiger partial charge on any atom is -0.352 e. The van der Waals surface area contributed by atoms with Crippen LogP contribution in [0.3, 0.4) is 0 Å². The Balaban J connectivity index is 2.04. The Morgan fingerprint density at radius 2 is 2.00 bits per heavy atom. The Labute approximate surface area is 139 Å². The minimum atomic E-state index is -0.0698. The first-order chi connectivity index (χ1) is 10.5. The van der Waals surface area contributed by atoms with Crippen LogP contribution in [0.15, 0.2) is 34.9 Å². The van der Waals surface area contributed by atoms with Gasteiger partial charge in [-0.2, -0.15) is 5.10 Å². The van der Waals surface area contributed by atoms with E-state index in [1.54, 1.807) is 10.9 Å². The summed E-state index contributed by atoms with van der Waals surface area (Å²) < 4.78 is 2.79. The number of nitrogens with one attached hydrogen (secondary N) is 1. The lowest BCUT2D eigenvalue weighted by atomic mass is 10.2. The zero-order valence-corrected chi connectivity index (χ0v) is 14.7. The molecule has 1 N–H and O–H groups in total. The standard InChI is InChI=1S/C16H21BrN4O/c1-12-15(16(22)18-9-4-10-20(2)3)11-19-21(12)14-7-5-13(17)6-8-14/h5-8,11H,4,9-10H2,1-3H3,(H,18,22). The highest BCUT2D eigenvalue weighted by Gasteiger charge is 2.14. The van der Waals surface area contributed by atoms with E-state index in [-0.39, 0.29) is 5.91 Å². The highest BCUT2D eigenvalue weighted by molar-refractivity contribution is 9.10. The number of aromatic nitrogens is 2. The molecule has 5 nitrogen and oxygen atoms in total. The van der Waals surface area contributed by atoms with Crippen LogP contribution in [0.4, 0.5) is 0 Å². The molecule has 1 heterocycles. The lowest BCUT2D eigenvalue weighted by Gasteiger charge is -2.10. The van der Waals surface area contributed by atoms with Gasteiger partial charge in [0.25, 0.3) is 5.91 Å². The molecule has 1 aromatic carbocycles. The molecule has 118 valence electrons. The van der Waals surface area contributed by atoms with Gasteiger partial charge in [-0.25, -0.2) is 4.68 Å². The van der Waals surface area contributed by atoms with Crippen molar-refractivity contribution >= 4 is 21.8 Å². The molecular weight excluding hydrogens is 344 g/mol. The fourth-order valence-corrected chi connectivity index (χ4v) is 2.43. The highest BCUT2D eigenvalue weighted by atomic mass is 79.9. The van der Waals surface area contributed by atoms with Crippen molar-refractivity contribution in [3.63, 3.8) is 0 Å². The summed E-state index contributed by atoms with van der Waals surface area (Å²) in [7, 11) is 4.04. The zero-order valence-electron chi connectivity index (χ0n) is 13.1. The third-order valence-electron chi connectivity index (χ3n) is 3.39. The summed E-state index contributed by atoms with van der Waals surface area (Å²) >= 11 is 3.41. The molecule has 0 unspecified atom stereocenters. The molecule has 0 aliphatic carbocycles. The van der Waals surface area contributed by atoms with Crippen molar-refractivity contribution in [1.29, 1.82) is 0 Å². The maximum Gasteiger partial charge on any atom is 0.254 e. The molecule has 22 heavy (non-hydrogen) atoms. The van der Waals surface area contributed by atoms with Gasteiger partial charge < -0.3 is 10.2 Å². The number of hydrogen-bond acceptors (Lipinski definition) is 3. The van der Waals surface area contributed by atoms with Crippen molar-refractivity contribution in [3.05, 3.63) is 46.2 Å². The van der Waals surface area contributed by atoms with Gasteiger partial charge >= 0.3 is 0 Å². The third kappa shape index (κ3) is 4.18. The smallest absolute Gasteiger partial charge is 0.254 e. The lowest BCUT2D eigenvalue weighted by molar-refractivity contribution is 0.0951. The van der Waals surface area contributed by atoms with Gasteiger partial charge in [0.05, 0.1) is 23.1 Å². The van der Waals surface area contributed by atoms with Crippen LogP contribution in [0.25, 0.3) is 5.69 Å². The predicted molar refractivity (Wildman–Crippen MR) is 91.5 cm³/mol. The number of rotatable bonds is 6. The van der Waals surface area contributed by atoms with Gasteiger partial charge in [0.1, 0.15) is 0 Å². The van der Waals surface area contributed by atoms with Crippen molar-refractivity contribution in [1.82, 2.24) is 20.0 Å². The molecule has 0 bridgehead atoms. The summed E-state index contributed by atoms with van der Waals surface area (Å²) in [6.45, 7) is 3.53. The SMILES string of the molecule is Cc1c(C(=O)NCCCN(C)C)cnn1-c1ccc(Br)cc1. The first-order valence-electron chi connectivity index (χ1n) is 7.22. The lowest BCUT2D eigenvalue weighted by Crippen LogP contribution is -2.27. The molecule has 2 rings (SSSR count). The fraction of sp³-hybridized carbons (Fsp3) is 0.375. The largest absolute Gasteiger partial charge is 0.352 e. The summed E-state index contributed by atoms with van der Waals surface area (Å²) in [5.74, 6) is -0.0698. The topological polar surface area (TPSA) is 50.2 Å². The number of halogens is 1. The first kappa shape index (κ1) is 16.7. The van der Waals surface area contributed by atoms with Crippen LogP contribution in [-0.4, -0.2) is 47.8 Å². The number of nitrogens with zero attached hydrogens (tertiary/aromatic N) is 3. The second kappa shape index (κ2) is 7.56. The van der Waals surface area contributed by atoms with E-state index in [4.69, 9.17) is 0 Å². The van der Waals surface area contributed by atoms with Crippen LogP contribution < -0.4 is 5.32 Å². The summed E-state index contributed by atoms with van der Waals surface area (Å²) in [6, 6.07) is 7.83. The normalized spacial score (nSPS) is 11.0. The van der Waals surface area contributed by atoms with Crippen molar-refractivity contribution in [2.45, 2.75) is 13.3 Å². The fourth-order valence-electron chi connectivity index (χ4n) is 2.17. The van der Waals surface area contributed by atoms with E-state index in [1.807, 2.05) is 45.3 Å². The maximum atomic E-state index is 12.2. The Kier molecular flexibility index (Phi) is 5.74. The Morgan fingerprint density at radius 3 is 2.64 bits per heavy atom. The van der Waals surface area contributed by atoms with Crippen LogP contribution in [0.1, 0.15) is 22.5 Å². The van der Waals surface area contributed by atoms with Gasteiger partial charge in [0.2, 0.25) is 0 Å². The van der Waals surface area contributed by atoms with E-state index >= 15 is 0 Å². The number of hydrogen-bond donors (Lipinski definition) is 1. The van der Waals surface area contributed by atoms with Crippen LogP contribution in [-0.2, 0) is 0 Å². The molecule has 6 heteroatoms. The molecule has 1 aromatic heterocycles. The van der Waals surface area contributed by atoms with Crippen molar-refractivity contribution in [2.75, 3.05) is 27.2 Å². The number of amides is 1. The highest BCUT2D eigenvalue weighted by Crippen LogP contribution is 2.17. The van der Waals surface area contributed by atoms with Crippen molar-refractivity contribution in [3.8, 4) is 5.69 Å². The second-order valence-electron chi connectivity index (χ2n) is 5.44. The molecule has 0 fully saturated rings. The van der Waals surface area contributed by atoms with Crippen molar-refractivity contribution < 1.29 is 4.79 Å². The van der Waals surface area contributed by atoms with Crippen LogP contribution in [0.5, 0.6) is 0 Å². The molecule has 0 aliphatic rings. The maximum absolute atomic E-state index is 12.2. The molecule has 2 aromatic rings. The van der Waals surface area contributed by atoms with Gasteiger partial charge in [-0.3, -0.25) is 4.79 Å². The van der Waals surface area contributed by atoms with Crippen LogP contribution in [0.2, 0.25) is 0 Å². The van der Waals surface area contributed by atoms with E-state index in [0.29, 0.717) is 12.1 Å². The minimum absolute atomic E-state index is 0.0698. The van der Waals surface area contributed by atoms with E-state index in [9.17, 15) is 4.79 Å². The third-order valence-corrected chi connectivity index (χ3v) is 3.92. The predicted octanol–water partition coefficient (Wildman–Crippen LogP) is 2.62. The molecule has 0 radical (unpaired) electrons. The second-order valence-corrected chi connectivity index (χ2v) is 6.36. The average molecular weight is 365 g/mol. The van der Waals surface area contributed by atoms with Gasteiger partial charge in [-0.1, -0.05) is 15.9 Å². The van der Waals surface area contributed by atoms with Gasteiger partial charge in [0.15, 0.2) is 0 Å². The number of benzene rings is 1. The van der Waals surface area contributed by atoms with E-state index < -0.39 is 0 Å². The summed E-state index contributed by atoms with van der Waals surface area (Å²) in [6.07, 6.45) is 2.55. The monoisotopic (exact) mass is 364 g/mol. The van der Waals surface area contributed by atoms with Gasteiger partial charge in [-0.15, -0.1) is 0 Å². The number of carbonyl (C=O) groups is 1. The van der Waals surface area contributed by atoms with Crippen LogP contribution >= 0.6 is 15.9 Å². The van der Waals surface area contributed by atoms with E-state index in [0.717, 1.165) is 28.8 Å². The molecule has 1 amide bonds. The molecule has 0 atom stereocenters. The molecular formula is C16H21BrN4O. The molecule has 0 saturated carbocycles. The Morgan fingerprint density at radius 1 is 1.32 bits per heavy atom. The van der Waals surface area contributed by atoms with Crippen LogP contribution in [0, 0.1) is 6.92 Å². The molecule has 0 aliphatic heterocycles. The quantitative estimate of drug-likeness (QED) is 0.801. The van der Waals surface area contributed by atoms with Gasteiger partial charge in [0, 0.05) is 11.0 Å². The Bertz CT molecular complexity index is 634. The molecule has 0 spiro atoms. The summed E-state index contributed by atoms with van der Waals surface area (Å²) in [5, 5.41) is 7.27. The summed E-state index contributed by atoms with van der Waals surface area (Å²) in [4.78, 5) is 14.3. The molecule has 0 saturated heterocycles.